The van der Waals surface area contributed by atoms with E-state index >= 15 is 0 Å². The number of hydrogen-bond donors (Lipinski definition) is 1. The molecule has 2 aliphatic heterocycles. The molecule has 0 saturated carbocycles. The average Bonchev–Trinajstić information content (AvgIpc) is 2.23. The highest BCUT2D eigenvalue weighted by Crippen LogP contribution is 2.28. The van der Waals surface area contributed by atoms with Crippen molar-refractivity contribution in [1.82, 2.24) is 4.90 Å². The summed E-state index contributed by atoms with van der Waals surface area (Å²) in [6.45, 7) is 9.28. The van der Waals surface area contributed by atoms with Crippen molar-refractivity contribution in [2.75, 3.05) is 39.5 Å². The van der Waals surface area contributed by atoms with Crippen LogP contribution in [-0.2, 0) is 9.47 Å². The van der Waals surface area contributed by atoms with Gasteiger partial charge in [-0.2, -0.15) is 0 Å². The van der Waals surface area contributed by atoms with Crippen LogP contribution in [0.5, 0.6) is 0 Å². The summed E-state index contributed by atoms with van der Waals surface area (Å²) in [4.78, 5) is 2.36. The van der Waals surface area contributed by atoms with Crippen LogP contribution in [0.3, 0.4) is 0 Å². The standard InChI is InChI=1S/C12H23NO3/c1-12(2)7-11(14)10(9-16-12)8-13-3-5-15-6-4-13/h10-11,14H,3-9H2,1-2H3/t10-,11-/m1/s1. The zero-order chi connectivity index (χ0) is 11.6. The topological polar surface area (TPSA) is 41.9 Å². The van der Waals surface area contributed by atoms with Crippen molar-refractivity contribution in [2.45, 2.75) is 32.0 Å². The average molecular weight is 229 g/mol. The van der Waals surface area contributed by atoms with Crippen LogP contribution in [-0.4, -0.2) is 61.2 Å². The Labute approximate surface area is 97.5 Å². The molecule has 2 heterocycles. The van der Waals surface area contributed by atoms with E-state index in [-0.39, 0.29) is 17.6 Å². The third-order valence-corrected chi connectivity index (χ3v) is 3.53. The SMILES string of the molecule is CC1(C)C[C@@H](O)[C@H](CN2CCOCC2)CO1. The number of hydrogen-bond acceptors (Lipinski definition) is 4. The van der Waals surface area contributed by atoms with E-state index in [1.54, 1.807) is 0 Å². The van der Waals surface area contributed by atoms with Crippen molar-refractivity contribution < 1.29 is 14.6 Å². The normalized spacial score (nSPS) is 36.2. The quantitative estimate of drug-likeness (QED) is 0.748. The van der Waals surface area contributed by atoms with E-state index < -0.39 is 0 Å². The fourth-order valence-corrected chi connectivity index (χ4v) is 2.46. The van der Waals surface area contributed by atoms with Gasteiger partial charge in [0.25, 0.3) is 0 Å². The highest BCUT2D eigenvalue weighted by atomic mass is 16.5. The molecule has 0 unspecified atom stereocenters. The first-order valence-corrected chi connectivity index (χ1v) is 6.19. The smallest absolute Gasteiger partial charge is 0.0651 e. The van der Waals surface area contributed by atoms with Gasteiger partial charge in [-0.1, -0.05) is 0 Å². The number of rotatable bonds is 2. The minimum absolute atomic E-state index is 0.166. The van der Waals surface area contributed by atoms with Gasteiger partial charge in [0.05, 0.1) is 31.5 Å². The zero-order valence-corrected chi connectivity index (χ0v) is 10.3. The molecule has 0 amide bonds. The van der Waals surface area contributed by atoms with Gasteiger partial charge in [0.15, 0.2) is 0 Å². The van der Waals surface area contributed by atoms with Crippen molar-refractivity contribution >= 4 is 0 Å². The maximum atomic E-state index is 10.1. The lowest BCUT2D eigenvalue weighted by molar-refractivity contribution is -0.136. The largest absolute Gasteiger partial charge is 0.393 e. The van der Waals surface area contributed by atoms with Crippen molar-refractivity contribution in [3.63, 3.8) is 0 Å². The number of aliphatic hydroxyl groups excluding tert-OH is 1. The Hall–Kier alpha value is -0.160. The molecule has 4 nitrogen and oxygen atoms in total. The first-order valence-electron chi connectivity index (χ1n) is 6.19. The van der Waals surface area contributed by atoms with Gasteiger partial charge >= 0.3 is 0 Å². The van der Waals surface area contributed by atoms with Crippen LogP contribution in [0.1, 0.15) is 20.3 Å². The Bertz CT molecular complexity index is 226. The molecule has 2 saturated heterocycles. The van der Waals surface area contributed by atoms with Crippen LogP contribution < -0.4 is 0 Å². The Morgan fingerprint density at radius 1 is 1.31 bits per heavy atom. The van der Waals surface area contributed by atoms with E-state index in [0.29, 0.717) is 6.61 Å². The summed E-state index contributed by atoms with van der Waals surface area (Å²) >= 11 is 0. The molecule has 0 aromatic carbocycles. The minimum atomic E-state index is -0.230. The highest BCUT2D eigenvalue weighted by molar-refractivity contribution is 4.85. The van der Waals surface area contributed by atoms with E-state index in [0.717, 1.165) is 39.3 Å². The van der Waals surface area contributed by atoms with Gasteiger partial charge in [0.2, 0.25) is 0 Å². The molecule has 0 bridgehead atoms. The fourth-order valence-electron chi connectivity index (χ4n) is 2.46. The summed E-state index contributed by atoms with van der Waals surface area (Å²) in [7, 11) is 0. The fraction of sp³-hybridized carbons (Fsp3) is 1.00. The van der Waals surface area contributed by atoms with Gasteiger partial charge in [-0.15, -0.1) is 0 Å². The van der Waals surface area contributed by atoms with Gasteiger partial charge in [0.1, 0.15) is 0 Å². The molecule has 2 fully saturated rings. The third kappa shape index (κ3) is 3.17. The summed E-state index contributed by atoms with van der Waals surface area (Å²) < 4.78 is 11.1. The Morgan fingerprint density at radius 2 is 2.00 bits per heavy atom. The first kappa shape index (κ1) is 12.3. The van der Waals surface area contributed by atoms with E-state index in [1.165, 1.54) is 0 Å². The molecule has 0 aromatic heterocycles. The first-order chi connectivity index (χ1) is 7.57. The van der Waals surface area contributed by atoms with Gasteiger partial charge < -0.3 is 14.6 Å². The lowest BCUT2D eigenvalue weighted by atomic mass is 9.88. The zero-order valence-electron chi connectivity index (χ0n) is 10.3. The molecule has 0 radical (unpaired) electrons. The van der Waals surface area contributed by atoms with Crippen molar-refractivity contribution in [2.24, 2.45) is 5.92 Å². The maximum absolute atomic E-state index is 10.1. The van der Waals surface area contributed by atoms with Crippen LogP contribution in [0.25, 0.3) is 0 Å². The summed E-state index contributed by atoms with van der Waals surface area (Å²) in [6.07, 6.45) is 0.508. The molecule has 4 heteroatoms. The Balaban J connectivity index is 1.81. The van der Waals surface area contributed by atoms with Crippen LogP contribution in [0.2, 0.25) is 0 Å². The van der Waals surface area contributed by atoms with E-state index in [2.05, 4.69) is 4.90 Å². The van der Waals surface area contributed by atoms with Crippen molar-refractivity contribution in [1.29, 1.82) is 0 Å². The van der Waals surface area contributed by atoms with E-state index in [1.807, 2.05) is 13.8 Å². The lowest BCUT2D eigenvalue weighted by Crippen LogP contribution is -2.49. The number of aliphatic hydroxyl groups is 1. The molecule has 0 aromatic rings. The van der Waals surface area contributed by atoms with Crippen LogP contribution in [0, 0.1) is 5.92 Å². The molecular formula is C12H23NO3. The molecular weight excluding hydrogens is 206 g/mol. The molecule has 0 spiro atoms. The maximum Gasteiger partial charge on any atom is 0.0651 e. The second kappa shape index (κ2) is 5.00. The van der Waals surface area contributed by atoms with Crippen molar-refractivity contribution in [3.8, 4) is 0 Å². The Morgan fingerprint density at radius 3 is 2.62 bits per heavy atom. The second-order valence-electron chi connectivity index (χ2n) is 5.52. The highest BCUT2D eigenvalue weighted by Gasteiger charge is 2.35. The predicted molar refractivity (Wildman–Crippen MR) is 61.4 cm³/mol. The Kier molecular flexibility index (Phi) is 3.85. The van der Waals surface area contributed by atoms with Gasteiger partial charge in [-0.05, 0) is 13.8 Å². The van der Waals surface area contributed by atoms with E-state index in [9.17, 15) is 5.11 Å². The van der Waals surface area contributed by atoms with Crippen LogP contribution in [0.4, 0.5) is 0 Å². The number of ether oxygens (including phenoxy) is 2. The predicted octanol–water partition coefficient (Wildman–Crippen LogP) is 0.495. The third-order valence-electron chi connectivity index (χ3n) is 3.53. The summed E-state index contributed by atoms with van der Waals surface area (Å²) in [5.41, 5.74) is -0.166. The summed E-state index contributed by atoms with van der Waals surface area (Å²) in [6, 6.07) is 0. The van der Waals surface area contributed by atoms with Crippen molar-refractivity contribution in [3.05, 3.63) is 0 Å². The molecule has 1 N–H and O–H groups in total. The molecule has 2 atom stereocenters. The molecule has 2 aliphatic rings. The van der Waals surface area contributed by atoms with Crippen LogP contribution in [0.15, 0.2) is 0 Å². The monoisotopic (exact) mass is 229 g/mol. The molecule has 0 aliphatic carbocycles. The summed E-state index contributed by atoms with van der Waals surface area (Å²) in [5.74, 6) is 0.256. The van der Waals surface area contributed by atoms with Gasteiger partial charge in [0, 0.05) is 32.0 Å². The number of nitrogens with zero attached hydrogens (tertiary/aromatic N) is 1. The number of morpholine rings is 1. The molecule has 16 heavy (non-hydrogen) atoms. The minimum Gasteiger partial charge on any atom is -0.393 e. The lowest BCUT2D eigenvalue weighted by Gasteiger charge is -2.40. The van der Waals surface area contributed by atoms with Crippen LogP contribution >= 0.6 is 0 Å². The van der Waals surface area contributed by atoms with E-state index in [4.69, 9.17) is 9.47 Å². The molecule has 94 valence electrons. The van der Waals surface area contributed by atoms with Gasteiger partial charge in [-0.25, -0.2) is 0 Å². The summed E-state index contributed by atoms with van der Waals surface area (Å²) in [5, 5.41) is 10.1. The second-order valence-corrected chi connectivity index (χ2v) is 5.52. The molecule has 2 rings (SSSR count). The van der Waals surface area contributed by atoms with Gasteiger partial charge in [-0.3, -0.25) is 4.90 Å².